The highest BCUT2D eigenvalue weighted by atomic mass is 16.3. The summed E-state index contributed by atoms with van der Waals surface area (Å²) < 4.78 is 5.62. The van der Waals surface area contributed by atoms with Crippen LogP contribution in [0, 0.1) is 6.92 Å². The van der Waals surface area contributed by atoms with Crippen LogP contribution < -0.4 is 5.32 Å². The fourth-order valence-corrected chi connectivity index (χ4v) is 1.71. The molecule has 0 saturated heterocycles. The third kappa shape index (κ3) is 2.51. The number of nitrogens with one attached hydrogen (secondary N) is 1. The first kappa shape index (κ1) is 12.2. The van der Waals surface area contributed by atoms with Crippen molar-refractivity contribution in [3.05, 3.63) is 60.4 Å². The minimum atomic E-state index is -0.140. The second-order valence-electron chi connectivity index (χ2n) is 3.95. The van der Waals surface area contributed by atoms with Crippen LogP contribution in [-0.2, 0) is 0 Å². The average Bonchev–Trinajstić information content (AvgIpc) is 2.79. The zero-order valence-electron chi connectivity index (χ0n) is 10.3. The van der Waals surface area contributed by atoms with E-state index in [1.165, 1.54) is 0 Å². The second kappa shape index (κ2) is 5.36. The van der Waals surface area contributed by atoms with Crippen LogP contribution in [-0.4, -0.2) is 12.5 Å². The molecule has 2 aromatic rings. The molecule has 0 unspecified atom stereocenters. The fourth-order valence-electron chi connectivity index (χ4n) is 1.71. The molecule has 0 atom stereocenters. The molecule has 0 aliphatic rings. The smallest absolute Gasteiger partial charge is 0.255 e. The van der Waals surface area contributed by atoms with Crippen molar-refractivity contribution in [1.82, 2.24) is 5.32 Å². The van der Waals surface area contributed by atoms with Crippen molar-refractivity contribution >= 4 is 5.91 Å². The van der Waals surface area contributed by atoms with Gasteiger partial charge in [0.05, 0.1) is 5.56 Å². The van der Waals surface area contributed by atoms with Crippen LogP contribution in [0.4, 0.5) is 0 Å². The van der Waals surface area contributed by atoms with Crippen LogP contribution in [0.3, 0.4) is 0 Å². The van der Waals surface area contributed by atoms with E-state index < -0.39 is 0 Å². The molecule has 1 N–H and O–H groups in total. The van der Waals surface area contributed by atoms with Gasteiger partial charge >= 0.3 is 0 Å². The Kier molecular flexibility index (Phi) is 3.63. The number of rotatable bonds is 4. The van der Waals surface area contributed by atoms with Gasteiger partial charge in [0.25, 0.3) is 5.91 Å². The minimum Gasteiger partial charge on any atom is -0.461 e. The molecule has 0 spiro atoms. The molecule has 0 aliphatic carbocycles. The van der Waals surface area contributed by atoms with E-state index in [0.717, 1.165) is 5.56 Å². The van der Waals surface area contributed by atoms with Gasteiger partial charge in [0, 0.05) is 12.1 Å². The van der Waals surface area contributed by atoms with Crippen molar-refractivity contribution in [2.45, 2.75) is 6.92 Å². The molecular weight excluding hydrogens is 226 g/mol. The van der Waals surface area contributed by atoms with Crippen LogP contribution >= 0.6 is 0 Å². The van der Waals surface area contributed by atoms with Gasteiger partial charge in [0.15, 0.2) is 0 Å². The van der Waals surface area contributed by atoms with E-state index in [-0.39, 0.29) is 5.91 Å². The third-order valence-electron chi connectivity index (χ3n) is 2.63. The van der Waals surface area contributed by atoms with Crippen LogP contribution in [0.5, 0.6) is 0 Å². The molecule has 1 heterocycles. The Hall–Kier alpha value is -2.29. The zero-order chi connectivity index (χ0) is 13.0. The third-order valence-corrected chi connectivity index (χ3v) is 2.63. The Morgan fingerprint density at radius 3 is 2.78 bits per heavy atom. The molecule has 3 nitrogen and oxygen atoms in total. The van der Waals surface area contributed by atoms with Crippen LogP contribution in [0.1, 0.15) is 16.1 Å². The number of aryl methyl sites for hydroxylation is 1. The molecule has 3 heteroatoms. The first-order valence-electron chi connectivity index (χ1n) is 5.77. The number of hydrogen-bond donors (Lipinski definition) is 1. The van der Waals surface area contributed by atoms with Gasteiger partial charge in [-0.25, -0.2) is 0 Å². The quantitative estimate of drug-likeness (QED) is 0.835. The molecule has 0 saturated carbocycles. The Morgan fingerprint density at radius 1 is 1.39 bits per heavy atom. The highest BCUT2D eigenvalue weighted by Crippen LogP contribution is 2.24. The highest BCUT2D eigenvalue weighted by molar-refractivity contribution is 5.96. The lowest BCUT2D eigenvalue weighted by Crippen LogP contribution is -2.23. The average molecular weight is 241 g/mol. The number of hydrogen-bond acceptors (Lipinski definition) is 2. The first-order valence-corrected chi connectivity index (χ1v) is 5.77. The predicted octanol–water partition coefficient (Wildman–Crippen LogP) is 3.17. The van der Waals surface area contributed by atoms with Crippen molar-refractivity contribution in [2.75, 3.05) is 6.54 Å². The van der Waals surface area contributed by atoms with Gasteiger partial charge in [0.2, 0.25) is 0 Å². The molecule has 1 aromatic carbocycles. The molecule has 92 valence electrons. The number of furan rings is 1. The minimum absolute atomic E-state index is 0.140. The van der Waals surface area contributed by atoms with Gasteiger partial charge < -0.3 is 9.73 Å². The Labute approximate surface area is 106 Å². The van der Waals surface area contributed by atoms with Gasteiger partial charge in [-0.3, -0.25) is 4.79 Å². The van der Waals surface area contributed by atoms with E-state index in [1.54, 1.807) is 19.1 Å². The van der Waals surface area contributed by atoms with E-state index in [0.29, 0.717) is 23.6 Å². The van der Waals surface area contributed by atoms with Gasteiger partial charge in [-0.15, -0.1) is 6.58 Å². The molecule has 0 bridgehead atoms. The van der Waals surface area contributed by atoms with E-state index in [2.05, 4.69) is 11.9 Å². The molecule has 1 aromatic heterocycles. The lowest BCUT2D eigenvalue weighted by molar-refractivity contribution is 0.0956. The maximum atomic E-state index is 11.9. The Morgan fingerprint density at radius 2 is 2.11 bits per heavy atom. The normalized spacial score (nSPS) is 10.1. The summed E-state index contributed by atoms with van der Waals surface area (Å²) in [4.78, 5) is 11.9. The number of carbonyl (C=O) groups is 1. The summed E-state index contributed by atoms with van der Waals surface area (Å²) in [6.45, 7) is 5.80. The van der Waals surface area contributed by atoms with E-state index >= 15 is 0 Å². The second-order valence-corrected chi connectivity index (χ2v) is 3.95. The van der Waals surface area contributed by atoms with Gasteiger partial charge in [0.1, 0.15) is 11.5 Å². The summed E-state index contributed by atoms with van der Waals surface area (Å²) in [5, 5.41) is 2.74. The summed E-state index contributed by atoms with van der Waals surface area (Å²) in [5.74, 6) is 1.19. The van der Waals surface area contributed by atoms with E-state index in [9.17, 15) is 4.79 Å². The van der Waals surface area contributed by atoms with Gasteiger partial charge in [-0.2, -0.15) is 0 Å². The zero-order valence-corrected chi connectivity index (χ0v) is 10.3. The van der Waals surface area contributed by atoms with E-state index in [4.69, 9.17) is 4.42 Å². The molecule has 1 amide bonds. The van der Waals surface area contributed by atoms with Crippen LogP contribution in [0.15, 0.2) is 53.5 Å². The summed E-state index contributed by atoms with van der Waals surface area (Å²) >= 11 is 0. The fraction of sp³-hybridized carbons (Fsp3) is 0.133. The summed E-state index contributed by atoms with van der Waals surface area (Å²) in [6.07, 6.45) is 1.64. The number of carbonyl (C=O) groups excluding carboxylic acids is 1. The van der Waals surface area contributed by atoms with Crippen molar-refractivity contribution in [2.24, 2.45) is 0 Å². The molecular formula is C15H15NO2. The Bertz CT molecular complexity index is 555. The lowest BCUT2D eigenvalue weighted by atomic mass is 10.1. The molecule has 0 aliphatic heterocycles. The van der Waals surface area contributed by atoms with Gasteiger partial charge in [-0.1, -0.05) is 36.4 Å². The Balaban J connectivity index is 2.27. The summed E-state index contributed by atoms with van der Waals surface area (Å²) in [6, 6.07) is 11.5. The molecule has 0 radical (unpaired) electrons. The van der Waals surface area contributed by atoms with Crippen molar-refractivity contribution in [3.63, 3.8) is 0 Å². The lowest BCUT2D eigenvalue weighted by Gasteiger charge is -1.98. The molecule has 2 rings (SSSR count). The summed E-state index contributed by atoms with van der Waals surface area (Å²) in [7, 11) is 0. The topological polar surface area (TPSA) is 42.2 Å². The van der Waals surface area contributed by atoms with Crippen molar-refractivity contribution < 1.29 is 9.21 Å². The van der Waals surface area contributed by atoms with Gasteiger partial charge in [-0.05, 0) is 13.0 Å². The van der Waals surface area contributed by atoms with Crippen LogP contribution in [0.2, 0.25) is 0 Å². The number of benzene rings is 1. The highest BCUT2D eigenvalue weighted by Gasteiger charge is 2.14. The number of amides is 1. The molecule has 18 heavy (non-hydrogen) atoms. The molecule has 0 fully saturated rings. The van der Waals surface area contributed by atoms with Crippen molar-refractivity contribution in [3.8, 4) is 11.3 Å². The van der Waals surface area contributed by atoms with Crippen LogP contribution in [0.25, 0.3) is 11.3 Å². The largest absolute Gasteiger partial charge is 0.461 e. The SMILES string of the molecule is C=CCNC(=O)c1cc(-c2ccccc2)oc1C. The predicted molar refractivity (Wildman–Crippen MR) is 71.4 cm³/mol. The maximum absolute atomic E-state index is 11.9. The van der Waals surface area contributed by atoms with Crippen molar-refractivity contribution in [1.29, 1.82) is 0 Å². The maximum Gasteiger partial charge on any atom is 0.255 e. The van der Waals surface area contributed by atoms with E-state index in [1.807, 2.05) is 30.3 Å². The standard InChI is InChI=1S/C15H15NO2/c1-3-9-16-15(17)13-10-14(18-11(13)2)12-7-5-4-6-8-12/h3-8,10H,1,9H2,2H3,(H,16,17). The summed E-state index contributed by atoms with van der Waals surface area (Å²) in [5.41, 5.74) is 1.53. The monoisotopic (exact) mass is 241 g/mol. The first-order chi connectivity index (χ1) is 8.72.